The summed E-state index contributed by atoms with van der Waals surface area (Å²) in [7, 11) is 0. The van der Waals surface area contributed by atoms with E-state index in [1.807, 2.05) is 6.92 Å². The van der Waals surface area contributed by atoms with Crippen LogP contribution in [0.25, 0.3) is 5.69 Å². The number of carbonyl (C=O) groups excluding carboxylic acids is 4. The first-order valence-corrected chi connectivity index (χ1v) is 10.5. The average Bonchev–Trinajstić information content (AvgIpc) is 3.52. The Kier molecular flexibility index (Phi) is 4.80. The zero-order valence-corrected chi connectivity index (χ0v) is 17.4. The number of fused-ring (bicyclic) bond motifs is 1. The smallest absolute Gasteiger partial charge is 0.296 e. The van der Waals surface area contributed by atoms with Gasteiger partial charge in [-0.05, 0) is 36.6 Å². The molecule has 1 saturated heterocycles. The predicted octanol–water partition coefficient (Wildman–Crippen LogP) is 0.639. The first-order chi connectivity index (χ1) is 15.5. The molecule has 0 saturated carbocycles. The number of carbonyl (C=O) groups is 4. The van der Waals surface area contributed by atoms with Gasteiger partial charge in [0.2, 0.25) is 11.8 Å². The van der Waals surface area contributed by atoms with Gasteiger partial charge in [0, 0.05) is 31.2 Å². The minimum Gasteiger partial charge on any atom is -0.322 e. The van der Waals surface area contributed by atoms with Crippen LogP contribution < -0.4 is 5.32 Å². The molecule has 3 aliphatic heterocycles. The molecule has 11 nitrogen and oxygen atoms in total. The minimum atomic E-state index is -0.667. The Labute approximate surface area is 183 Å². The van der Waals surface area contributed by atoms with Gasteiger partial charge in [0.05, 0.1) is 17.9 Å². The Morgan fingerprint density at radius 2 is 2.09 bits per heavy atom. The number of piperidine rings is 1. The van der Waals surface area contributed by atoms with Crippen molar-refractivity contribution in [1.29, 1.82) is 0 Å². The maximum Gasteiger partial charge on any atom is 0.296 e. The Bertz CT molecular complexity index is 1170. The molecule has 1 aromatic heterocycles. The van der Waals surface area contributed by atoms with E-state index in [1.165, 1.54) is 14.6 Å². The van der Waals surface area contributed by atoms with Gasteiger partial charge in [-0.25, -0.2) is 9.69 Å². The van der Waals surface area contributed by atoms with Crippen LogP contribution in [-0.4, -0.2) is 66.8 Å². The molecule has 1 fully saturated rings. The second kappa shape index (κ2) is 7.66. The SMILES string of the molecule is CCC1CC=NN1C(=O)c1cn(-c2ccc3c(c2)CN(C2CCC(=O)NC2=O)C3=O)nn1. The van der Waals surface area contributed by atoms with Crippen LogP contribution in [-0.2, 0) is 16.1 Å². The van der Waals surface area contributed by atoms with Crippen LogP contribution in [0, 0.1) is 0 Å². The fourth-order valence-electron chi connectivity index (χ4n) is 4.32. The van der Waals surface area contributed by atoms with Crippen LogP contribution in [0.1, 0.15) is 59.0 Å². The van der Waals surface area contributed by atoms with E-state index in [1.54, 1.807) is 30.6 Å². The quantitative estimate of drug-likeness (QED) is 0.702. The fourth-order valence-corrected chi connectivity index (χ4v) is 4.32. The molecule has 11 heteroatoms. The van der Waals surface area contributed by atoms with E-state index in [2.05, 4.69) is 20.7 Å². The van der Waals surface area contributed by atoms with Crippen LogP contribution in [0.5, 0.6) is 0 Å². The monoisotopic (exact) mass is 435 g/mol. The lowest BCUT2D eigenvalue weighted by molar-refractivity contribution is -0.136. The van der Waals surface area contributed by atoms with Crippen molar-refractivity contribution in [2.24, 2.45) is 5.10 Å². The summed E-state index contributed by atoms with van der Waals surface area (Å²) >= 11 is 0. The number of hydrazone groups is 1. The number of nitrogens with zero attached hydrogens (tertiary/aromatic N) is 6. The molecule has 3 aliphatic rings. The molecule has 2 unspecified atom stereocenters. The number of nitrogens with one attached hydrogen (secondary N) is 1. The van der Waals surface area contributed by atoms with Crippen molar-refractivity contribution in [3.05, 3.63) is 41.2 Å². The van der Waals surface area contributed by atoms with Gasteiger partial charge in [-0.15, -0.1) is 5.10 Å². The van der Waals surface area contributed by atoms with Gasteiger partial charge in [0.1, 0.15) is 6.04 Å². The molecular formula is C21H21N7O4. The van der Waals surface area contributed by atoms with Gasteiger partial charge in [-0.1, -0.05) is 12.1 Å². The van der Waals surface area contributed by atoms with Gasteiger partial charge in [0.25, 0.3) is 11.8 Å². The molecule has 1 aromatic carbocycles. The van der Waals surface area contributed by atoms with E-state index < -0.39 is 11.9 Å². The summed E-state index contributed by atoms with van der Waals surface area (Å²) in [5.74, 6) is -1.32. The third-order valence-corrected chi connectivity index (χ3v) is 6.09. The van der Waals surface area contributed by atoms with Crippen LogP contribution in [0.2, 0.25) is 0 Å². The fraction of sp³-hybridized carbons (Fsp3) is 0.381. The van der Waals surface area contributed by atoms with E-state index in [9.17, 15) is 19.2 Å². The van der Waals surface area contributed by atoms with Crippen LogP contribution in [0.15, 0.2) is 29.5 Å². The summed E-state index contributed by atoms with van der Waals surface area (Å²) in [6.07, 6.45) is 5.30. The molecule has 4 heterocycles. The summed E-state index contributed by atoms with van der Waals surface area (Å²) in [5, 5.41) is 16.0. The molecule has 2 aromatic rings. The van der Waals surface area contributed by atoms with Gasteiger partial charge >= 0.3 is 0 Å². The van der Waals surface area contributed by atoms with Crippen LogP contribution in [0.4, 0.5) is 0 Å². The number of imide groups is 1. The van der Waals surface area contributed by atoms with Crippen molar-refractivity contribution in [3.8, 4) is 5.69 Å². The second-order valence-electron chi connectivity index (χ2n) is 8.04. The summed E-state index contributed by atoms with van der Waals surface area (Å²) in [6, 6.07) is 4.55. The third-order valence-electron chi connectivity index (χ3n) is 6.09. The molecule has 32 heavy (non-hydrogen) atoms. The highest BCUT2D eigenvalue weighted by molar-refractivity contribution is 6.05. The summed E-state index contributed by atoms with van der Waals surface area (Å²) in [5.41, 5.74) is 2.08. The maximum absolute atomic E-state index is 12.8. The minimum absolute atomic E-state index is 0.0249. The van der Waals surface area contributed by atoms with Crippen molar-refractivity contribution in [2.75, 3.05) is 0 Å². The van der Waals surface area contributed by atoms with Gasteiger partial charge < -0.3 is 4.90 Å². The molecule has 1 N–H and O–H groups in total. The Balaban J connectivity index is 1.36. The largest absolute Gasteiger partial charge is 0.322 e. The van der Waals surface area contributed by atoms with E-state index in [0.29, 0.717) is 17.7 Å². The molecular weight excluding hydrogens is 414 g/mol. The van der Waals surface area contributed by atoms with E-state index in [4.69, 9.17) is 0 Å². The molecule has 164 valence electrons. The van der Waals surface area contributed by atoms with E-state index in [0.717, 1.165) is 18.4 Å². The summed E-state index contributed by atoms with van der Waals surface area (Å²) in [4.78, 5) is 50.7. The maximum atomic E-state index is 12.8. The third kappa shape index (κ3) is 3.26. The first-order valence-electron chi connectivity index (χ1n) is 10.5. The Hall–Kier alpha value is -3.89. The molecule has 5 rings (SSSR count). The Morgan fingerprint density at radius 1 is 1.25 bits per heavy atom. The average molecular weight is 435 g/mol. The summed E-state index contributed by atoms with van der Waals surface area (Å²) in [6.45, 7) is 2.26. The number of hydrogen-bond acceptors (Lipinski definition) is 7. The molecule has 2 atom stereocenters. The van der Waals surface area contributed by atoms with Crippen molar-refractivity contribution in [2.45, 2.75) is 51.2 Å². The lowest BCUT2D eigenvalue weighted by atomic mass is 10.0. The Morgan fingerprint density at radius 3 is 2.88 bits per heavy atom. The second-order valence-corrected chi connectivity index (χ2v) is 8.04. The number of amides is 4. The lowest BCUT2D eigenvalue weighted by Crippen LogP contribution is -2.52. The van der Waals surface area contributed by atoms with Gasteiger partial charge in [0.15, 0.2) is 5.69 Å². The molecule has 4 amide bonds. The topological polar surface area (TPSA) is 130 Å². The number of hydrogen-bond donors (Lipinski definition) is 1. The molecule has 0 bridgehead atoms. The van der Waals surface area contributed by atoms with Crippen molar-refractivity contribution in [1.82, 2.24) is 30.2 Å². The number of benzene rings is 1. The number of aromatic nitrogens is 3. The van der Waals surface area contributed by atoms with Crippen molar-refractivity contribution >= 4 is 29.8 Å². The van der Waals surface area contributed by atoms with E-state index in [-0.39, 0.29) is 42.4 Å². The molecule has 0 aliphatic carbocycles. The molecule has 0 radical (unpaired) electrons. The van der Waals surface area contributed by atoms with Crippen molar-refractivity contribution in [3.63, 3.8) is 0 Å². The van der Waals surface area contributed by atoms with Crippen LogP contribution in [0.3, 0.4) is 0 Å². The van der Waals surface area contributed by atoms with Gasteiger partial charge in [-0.3, -0.25) is 24.5 Å². The summed E-state index contributed by atoms with van der Waals surface area (Å²) < 4.78 is 1.48. The highest BCUT2D eigenvalue weighted by Gasteiger charge is 2.39. The molecule has 0 spiro atoms. The zero-order valence-electron chi connectivity index (χ0n) is 17.4. The van der Waals surface area contributed by atoms with Crippen LogP contribution >= 0.6 is 0 Å². The first kappa shape index (κ1) is 20.0. The number of rotatable bonds is 4. The van der Waals surface area contributed by atoms with E-state index >= 15 is 0 Å². The standard InChI is InChI=1S/C21H21N7O4/c1-2-13-7-8-22-28(13)21(32)16-11-27(25-24-16)14-3-4-15-12(9-14)10-26(20(15)31)17-5-6-18(29)23-19(17)30/h3-4,8-9,11,13,17H,2,5-7,10H2,1H3,(H,23,29,30). The predicted molar refractivity (Wildman–Crippen MR) is 111 cm³/mol. The highest BCUT2D eigenvalue weighted by atomic mass is 16.2. The van der Waals surface area contributed by atoms with Crippen molar-refractivity contribution < 1.29 is 19.2 Å². The highest BCUT2D eigenvalue weighted by Crippen LogP contribution is 2.29. The van der Waals surface area contributed by atoms with Gasteiger partial charge in [-0.2, -0.15) is 5.10 Å². The lowest BCUT2D eigenvalue weighted by Gasteiger charge is -2.29. The normalized spacial score (nSPS) is 22.5. The zero-order chi connectivity index (χ0) is 22.4.